The van der Waals surface area contributed by atoms with Gasteiger partial charge in [-0.05, 0) is 95.1 Å². The zero-order valence-corrected chi connectivity index (χ0v) is 39.7. The molecule has 0 saturated carbocycles. The molecule has 3 aromatic heterocycles. The highest BCUT2D eigenvalue weighted by Gasteiger charge is 2.35. The summed E-state index contributed by atoms with van der Waals surface area (Å²) in [5.74, 6) is 0.108. The first kappa shape index (κ1) is 45.8. The summed E-state index contributed by atoms with van der Waals surface area (Å²) in [4.78, 5) is 20.7. The molecule has 0 bridgehead atoms. The van der Waals surface area contributed by atoms with Crippen LogP contribution in [0.25, 0.3) is 118 Å². The van der Waals surface area contributed by atoms with Gasteiger partial charge in [0.05, 0.1) is 68.3 Å². The van der Waals surface area contributed by atoms with Crippen molar-refractivity contribution in [2.75, 3.05) is 0 Å². The third kappa shape index (κ3) is 8.84. The summed E-state index contributed by atoms with van der Waals surface area (Å²) in [5, 5.41) is 20.9. The minimum absolute atomic E-state index is 0.0541. The first-order valence-corrected chi connectivity index (χ1v) is 24.0. The number of nitriles is 2. The number of benzene rings is 9. The maximum absolute atomic E-state index is 15.9. The maximum atomic E-state index is 15.9. The zero-order chi connectivity index (χ0) is 51.0. The Bertz CT molecular complexity index is 3820. The lowest BCUT2D eigenvalue weighted by Gasteiger charge is -2.21. The number of fused-ring (bicyclic) bond motifs is 3. The van der Waals surface area contributed by atoms with E-state index in [9.17, 15) is 10.5 Å². The van der Waals surface area contributed by atoms with Crippen molar-refractivity contribution >= 4 is 21.8 Å². The Balaban J connectivity index is 1.24. The molecule has 7 nitrogen and oxygen atoms in total. The molecule has 9 aromatic carbocycles. The first-order valence-electron chi connectivity index (χ1n) is 24.0. The van der Waals surface area contributed by atoms with E-state index in [2.05, 4.69) is 24.3 Å². The Morgan fingerprint density at radius 2 is 0.667 bits per heavy atom. The van der Waals surface area contributed by atoms with Gasteiger partial charge in [-0.15, -0.1) is 0 Å². The van der Waals surface area contributed by atoms with Crippen molar-refractivity contribution in [1.82, 2.24) is 24.5 Å². The summed E-state index contributed by atoms with van der Waals surface area (Å²) in [6, 6.07) is 75.2. The Kier molecular flexibility index (Phi) is 11.6. The lowest BCUT2D eigenvalue weighted by Crippen LogP contribution is -2.11. The third-order valence-electron chi connectivity index (χ3n) is 13.3. The topological polar surface area (TPSA) is 104 Å². The molecule has 0 fully saturated rings. The average Bonchev–Trinajstić information content (AvgIpc) is 3.89. The molecule has 10 heteroatoms. The number of aromatic nitrogens is 5. The summed E-state index contributed by atoms with van der Waals surface area (Å²) in [5.41, 5.74) is 10.5. The Morgan fingerprint density at radius 3 is 0.973 bits per heavy atom. The fourth-order valence-corrected chi connectivity index (χ4v) is 9.64. The van der Waals surface area contributed by atoms with Gasteiger partial charge >= 0.3 is 6.18 Å². The lowest BCUT2D eigenvalue weighted by atomic mass is 9.98. The summed E-state index contributed by atoms with van der Waals surface area (Å²) in [6.45, 7) is 0. The van der Waals surface area contributed by atoms with Crippen molar-refractivity contribution in [2.24, 2.45) is 0 Å². The van der Waals surface area contributed by atoms with Crippen LogP contribution < -0.4 is 0 Å². The van der Waals surface area contributed by atoms with E-state index in [1.54, 1.807) is 24.3 Å². The van der Waals surface area contributed by atoms with Crippen LogP contribution in [0.3, 0.4) is 0 Å². The molecule has 0 atom stereocenters. The molecule has 354 valence electrons. The molecule has 3 heterocycles. The highest BCUT2D eigenvalue weighted by Crippen LogP contribution is 2.46. The molecule has 0 unspecified atom stereocenters. The van der Waals surface area contributed by atoms with Crippen LogP contribution in [0.15, 0.2) is 231 Å². The van der Waals surface area contributed by atoms with Gasteiger partial charge in [-0.3, -0.25) is 0 Å². The molecule has 0 amide bonds. The molecule has 0 radical (unpaired) electrons. The van der Waals surface area contributed by atoms with Gasteiger partial charge < -0.3 is 4.57 Å². The highest BCUT2D eigenvalue weighted by atomic mass is 19.4. The van der Waals surface area contributed by atoms with E-state index in [0.29, 0.717) is 50.6 Å². The summed E-state index contributed by atoms with van der Waals surface area (Å²) >= 11 is 0. The van der Waals surface area contributed by atoms with Crippen molar-refractivity contribution in [3.8, 4) is 108 Å². The van der Waals surface area contributed by atoms with Crippen LogP contribution in [0, 0.1) is 22.7 Å². The molecular formula is C65H38F3N7. The highest BCUT2D eigenvalue weighted by molar-refractivity contribution is 6.13. The third-order valence-corrected chi connectivity index (χ3v) is 13.3. The number of hydrogen-bond donors (Lipinski definition) is 0. The van der Waals surface area contributed by atoms with Crippen molar-refractivity contribution in [3.63, 3.8) is 0 Å². The number of rotatable bonds is 9. The second-order valence-corrected chi connectivity index (χ2v) is 18.0. The van der Waals surface area contributed by atoms with Crippen LogP contribution in [-0.4, -0.2) is 24.5 Å². The van der Waals surface area contributed by atoms with Gasteiger partial charge in [0.25, 0.3) is 0 Å². The van der Waals surface area contributed by atoms with Crippen LogP contribution in [0.2, 0.25) is 0 Å². The Morgan fingerprint density at radius 1 is 0.347 bits per heavy atom. The van der Waals surface area contributed by atoms with Crippen molar-refractivity contribution in [3.05, 3.63) is 247 Å². The van der Waals surface area contributed by atoms with Gasteiger partial charge in [-0.2, -0.15) is 23.7 Å². The van der Waals surface area contributed by atoms with Crippen molar-refractivity contribution < 1.29 is 13.2 Å². The largest absolute Gasteiger partial charge is 0.416 e. The second kappa shape index (κ2) is 19.0. The smallest absolute Gasteiger partial charge is 0.308 e. The minimum Gasteiger partial charge on any atom is -0.308 e. The zero-order valence-electron chi connectivity index (χ0n) is 39.7. The molecule has 0 spiro atoms. The first-order chi connectivity index (χ1) is 36.7. The standard InChI is InChI=1S/C65H38F3N7/c66-65(67,68)51-35-54(63-71-56(45-13-5-1-6-14-45)37-57(72-63)46-15-7-2-8-16-46)62(55(36-51)64-73-58(47-17-9-3-10-18-47)38-59(74-64)48-19-11-4-12-20-48)75-60-31-29-49(43-25-21-41(39-69)22-26-43)33-52(60)53-34-50(30-32-61(53)75)44-27-23-42(40-70)24-28-44/h1-38H. The molecular weight excluding hydrogens is 936 g/mol. The van der Waals surface area contributed by atoms with Gasteiger partial charge in [-0.25, -0.2) is 19.9 Å². The molecule has 12 aromatic rings. The van der Waals surface area contributed by atoms with Gasteiger partial charge in [0.1, 0.15) is 0 Å². The summed E-state index contributed by atoms with van der Waals surface area (Å²) < 4.78 is 49.7. The molecule has 0 aliphatic carbocycles. The van der Waals surface area contributed by atoms with Crippen LogP contribution in [0.1, 0.15) is 16.7 Å². The van der Waals surface area contributed by atoms with Gasteiger partial charge in [0.15, 0.2) is 11.6 Å². The van der Waals surface area contributed by atoms with E-state index in [-0.39, 0.29) is 22.8 Å². The number of nitrogens with zero attached hydrogens (tertiary/aromatic N) is 7. The van der Waals surface area contributed by atoms with E-state index in [1.807, 2.05) is 187 Å². The molecule has 0 N–H and O–H groups in total. The average molecular weight is 974 g/mol. The summed E-state index contributed by atoms with van der Waals surface area (Å²) in [7, 11) is 0. The van der Waals surface area contributed by atoms with Crippen LogP contribution in [0.4, 0.5) is 13.2 Å². The fraction of sp³-hybridized carbons (Fsp3) is 0.0154. The SMILES string of the molecule is N#Cc1ccc(-c2ccc3c(c2)c2cc(-c4ccc(C#N)cc4)ccc2n3-c2c(-c3nc(-c4ccccc4)cc(-c4ccccc4)n3)cc(C(F)(F)F)cc2-c2nc(-c3ccccc3)cc(-c3ccccc3)n2)cc1. The number of halogens is 3. The van der Waals surface area contributed by atoms with E-state index >= 15 is 13.2 Å². The fourth-order valence-electron chi connectivity index (χ4n) is 9.64. The molecule has 12 rings (SSSR count). The lowest BCUT2D eigenvalue weighted by molar-refractivity contribution is -0.137. The molecule has 0 aliphatic heterocycles. The molecule has 75 heavy (non-hydrogen) atoms. The predicted molar refractivity (Wildman–Crippen MR) is 290 cm³/mol. The predicted octanol–water partition coefficient (Wildman–Crippen LogP) is 16.5. The monoisotopic (exact) mass is 973 g/mol. The quantitative estimate of drug-likeness (QED) is 0.143. The van der Waals surface area contributed by atoms with Gasteiger partial charge in [-0.1, -0.05) is 158 Å². The van der Waals surface area contributed by atoms with Gasteiger partial charge in [0.2, 0.25) is 0 Å². The minimum atomic E-state index is -4.84. The van der Waals surface area contributed by atoms with E-state index in [4.69, 9.17) is 19.9 Å². The van der Waals surface area contributed by atoms with E-state index < -0.39 is 11.7 Å². The van der Waals surface area contributed by atoms with Crippen molar-refractivity contribution in [1.29, 1.82) is 10.5 Å². The van der Waals surface area contributed by atoms with Crippen molar-refractivity contribution in [2.45, 2.75) is 6.18 Å². The van der Waals surface area contributed by atoms with Crippen LogP contribution >= 0.6 is 0 Å². The van der Waals surface area contributed by atoms with E-state index in [0.717, 1.165) is 67.4 Å². The Hall–Kier alpha value is -10.3. The molecule has 0 saturated heterocycles. The normalized spacial score (nSPS) is 11.4. The van der Waals surface area contributed by atoms with Crippen LogP contribution in [0.5, 0.6) is 0 Å². The Labute approximate surface area is 429 Å². The maximum Gasteiger partial charge on any atom is 0.416 e. The second-order valence-electron chi connectivity index (χ2n) is 18.0. The van der Waals surface area contributed by atoms with Crippen LogP contribution in [-0.2, 0) is 6.18 Å². The molecule has 0 aliphatic rings. The number of hydrogen-bond acceptors (Lipinski definition) is 6. The van der Waals surface area contributed by atoms with E-state index in [1.165, 1.54) is 0 Å². The number of alkyl halides is 3. The summed E-state index contributed by atoms with van der Waals surface area (Å²) in [6.07, 6.45) is -4.84. The van der Waals surface area contributed by atoms with Gasteiger partial charge in [0, 0.05) is 44.2 Å².